The van der Waals surface area contributed by atoms with Crippen molar-refractivity contribution >= 4 is 28.3 Å². The molecule has 1 N–H and O–H groups in total. The molecule has 1 heterocycles. The number of benzene rings is 1. The van der Waals surface area contributed by atoms with E-state index in [1.165, 1.54) is 23.0 Å². The Morgan fingerprint density at radius 2 is 1.91 bits per heavy atom. The van der Waals surface area contributed by atoms with Gasteiger partial charge >= 0.3 is 0 Å². The molecule has 1 amide bonds. The molecule has 0 saturated heterocycles. The van der Waals surface area contributed by atoms with E-state index in [0.29, 0.717) is 10.6 Å². The average molecular weight is 324 g/mol. The van der Waals surface area contributed by atoms with Crippen LogP contribution in [0.3, 0.4) is 0 Å². The number of carbonyl (C=O) groups excluding carboxylic acids is 1. The van der Waals surface area contributed by atoms with Crippen LogP contribution in [0.4, 0.5) is 5.00 Å². The number of carbonyl (C=O) groups is 1. The lowest BCUT2D eigenvalue weighted by Gasteiger charge is -2.17. The summed E-state index contributed by atoms with van der Waals surface area (Å²) in [6.45, 7) is 8.18. The summed E-state index contributed by atoms with van der Waals surface area (Å²) in [7, 11) is 0. The number of hydrogen-bond donors (Lipinski definition) is 1. The van der Waals surface area contributed by atoms with Crippen LogP contribution in [-0.4, -0.2) is 5.91 Å². The molecule has 0 saturated carbocycles. The maximum Gasteiger partial charge on any atom is 0.249 e. The van der Waals surface area contributed by atoms with Gasteiger partial charge in [0.1, 0.15) is 11.1 Å². The van der Waals surface area contributed by atoms with E-state index in [0.717, 1.165) is 11.1 Å². The highest BCUT2D eigenvalue weighted by Gasteiger charge is 2.22. The van der Waals surface area contributed by atoms with Gasteiger partial charge in [0.2, 0.25) is 5.91 Å². The lowest BCUT2D eigenvalue weighted by atomic mass is 9.86. The van der Waals surface area contributed by atoms with Gasteiger partial charge in [0, 0.05) is 6.08 Å². The molecule has 1 aromatic carbocycles. The van der Waals surface area contributed by atoms with Crippen LogP contribution in [0.1, 0.15) is 43.0 Å². The van der Waals surface area contributed by atoms with Gasteiger partial charge in [-0.2, -0.15) is 5.26 Å². The Bertz CT molecular complexity index is 771. The fourth-order valence-corrected chi connectivity index (χ4v) is 3.26. The molecular weight excluding hydrogens is 304 g/mol. The van der Waals surface area contributed by atoms with Crippen molar-refractivity contribution in [1.82, 2.24) is 0 Å². The zero-order valence-corrected chi connectivity index (χ0v) is 14.6. The molecule has 23 heavy (non-hydrogen) atoms. The van der Waals surface area contributed by atoms with Gasteiger partial charge in [-0.1, -0.05) is 50.6 Å². The fourth-order valence-electron chi connectivity index (χ4n) is 2.12. The van der Waals surface area contributed by atoms with Gasteiger partial charge in [-0.15, -0.1) is 11.3 Å². The predicted molar refractivity (Wildman–Crippen MR) is 96.6 cm³/mol. The molecule has 118 valence electrons. The van der Waals surface area contributed by atoms with E-state index < -0.39 is 0 Å². The molecule has 0 aliphatic heterocycles. The van der Waals surface area contributed by atoms with E-state index in [2.05, 4.69) is 32.2 Å². The van der Waals surface area contributed by atoms with E-state index >= 15 is 0 Å². The Kier molecular flexibility index (Phi) is 5.02. The molecule has 2 aromatic rings. The monoisotopic (exact) mass is 324 g/mol. The van der Waals surface area contributed by atoms with Crippen molar-refractivity contribution in [3.05, 3.63) is 58.0 Å². The second-order valence-electron chi connectivity index (χ2n) is 6.45. The van der Waals surface area contributed by atoms with E-state index in [4.69, 9.17) is 0 Å². The number of nitrogens with zero attached hydrogens (tertiary/aromatic N) is 1. The summed E-state index contributed by atoms with van der Waals surface area (Å²) < 4.78 is 0. The molecule has 0 aliphatic carbocycles. The number of anilines is 1. The molecule has 0 atom stereocenters. The highest BCUT2D eigenvalue weighted by atomic mass is 32.1. The van der Waals surface area contributed by atoms with Gasteiger partial charge < -0.3 is 5.32 Å². The Labute approximate surface area is 141 Å². The van der Waals surface area contributed by atoms with Crippen LogP contribution in [0, 0.1) is 18.3 Å². The van der Waals surface area contributed by atoms with Gasteiger partial charge in [0.25, 0.3) is 0 Å². The number of rotatable bonds is 3. The van der Waals surface area contributed by atoms with Gasteiger partial charge in [-0.05, 0) is 34.9 Å². The summed E-state index contributed by atoms with van der Waals surface area (Å²) in [6.07, 6.45) is 3.25. The minimum Gasteiger partial charge on any atom is -0.313 e. The highest BCUT2D eigenvalue weighted by Crippen LogP contribution is 2.35. The molecule has 0 radical (unpaired) electrons. The topological polar surface area (TPSA) is 52.9 Å². The standard InChI is InChI=1S/C19H20N2OS/c1-13-5-7-14(8-6-13)9-10-17(22)21-18-15(11-20)16(12-23-18)19(2,3)4/h5-10,12H,1-4H3,(H,21,22)/b10-9+. The highest BCUT2D eigenvalue weighted by molar-refractivity contribution is 7.14. The first-order valence-electron chi connectivity index (χ1n) is 7.39. The van der Waals surface area contributed by atoms with Crippen LogP contribution < -0.4 is 5.32 Å². The SMILES string of the molecule is Cc1ccc(/C=C/C(=O)Nc2scc(C(C)(C)C)c2C#N)cc1. The number of nitrogens with one attached hydrogen (secondary N) is 1. The van der Waals surface area contributed by atoms with Gasteiger partial charge in [0.15, 0.2) is 0 Å². The van der Waals surface area contributed by atoms with E-state index in [1.807, 2.05) is 36.6 Å². The molecular formula is C19H20N2OS. The Balaban J connectivity index is 2.13. The number of thiophene rings is 1. The summed E-state index contributed by atoms with van der Waals surface area (Å²) >= 11 is 1.39. The van der Waals surface area contributed by atoms with Crippen LogP contribution in [0.25, 0.3) is 6.08 Å². The number of amides is 1. The molecule has 0 unspecified atom stereocenters. The zero-order chi connectivity index (χ0) is 17.0. The van der Waals surface area contributed by atoms with Crippen LogP contribution in [-0.2, 0) is 10.2 Å². The smallest absolute Gasteiger partial charge is 0.249 e. The lowest BCUT2D eigenvalue weighted by molar-refractivity contribution is -0.111. The van der Waals surface area contributed by atoms with Crippen LogP contribution in [0.15, 0.2) is 35.7 Å². The third-order valence-electron chi connectivity index (χ3n) is 3.45. The quantitative estimate of drug-likeness (QED) is 0.818. The third-order valence-corrected chi connectivity index (χ3v) is 4.35. The minimum absolute atomic E-state index is 0.123. The number of nitriles is 1. The van der Waals surface area contributed by atoms with Crippen molar-refractivity contribution in [2.24, 2.45) is 0 Å². The molecule has 0 fully saturated rings. The van der Waals surface area contributed by atoms with Crippen molar-refractivity contribution in [2.45, 2.75) is 33.1 Å². The summed E-state index contributed by atoms with van der Waals surface area (Å²) in [5.74, 6) is -0.232. The van der Waals surface area contributed by atoms with E-state index in [9.17, 15) is 10.1 Å². The summed E-state index contributed by atoms with van der Waals surface area (Å²) in [5.41, 5.74) is 3.54. The normalized spacial score (nSPS) is 11.4. The molecule has 0 spiro atoms. The fraction of sp³-hybridized carbons (Fsp3) is 0.263. The van der Waals surface area contributed by atoms with E-state index in [1.54, 1.807) is 6.08 Å². The largest absolute Gasteiger partial charge is 0.313 e. The van der Waals surface area contributed by atoms with E-state index in [-0.39, 0.29) is 11.3 Å². The molecule has 1 aromatic heterocycles. The predicted octanol–water partition coefficient (Wildman–Crippen LogP) is 4.88. The van der Waals surface area contributed by atoms with Gasteiger partial charge in [0.05, 0.1) is 5.56 Å². The van der Waals surface area contributed by atoms with Crippen molar-refractivity contribution in [3.63, 3.8) is 0 Å². The maximum atomic E-state index is 12.1. The van der Waals surface area contributed by atoms with Crippen molar-refractivity contribution in [2.75, 3.05) is 5.32 Å². The first kappa shape index (κ1) is 17.0. The van der Waals surface area contributed by atoms with Crippen LogP contribution in [0.2, 0.25) is 0 Å². The van der Waals surface area contributed by atoms with Crippen molar-refractivity contribution in [3.8, 4) is 6.07 Å². The van der Waals surface area contributed by atoms with Crippen molar-refractivity contribution in [1.29, 1.82) is 5.26 Å². The molecule has 2 rings (SSSR count). The Hall–Kier alpha value is -2.38. The number of aryl methyl sites for hydroxylation is 1. The van der Waals surface area contributed by atoms with Crippen LogP contribution >= 0.6 is 11.3 Å². The van der Waals surface area contributed by atoms with Gasteiger partial charge in [-0.3, -0.25) is 4.79 Å². The minimum atomic E-state index is -0.232. The van der Waals surface area contributed by atoms with Crippen molar-refractivity contribution < 1.29 is 4.79 Å². The second kappa shape index (κ2) is 6.80. The zero-order valence-electron chi connectivity index (χ0n) is 13.8. The number of hydrogen-bond acceptors (Lipinski definition) is 3. The molecule has 0 aliphatic rings. The van der Waals surface area contributed by atoms with Crippen LogP contribution in [0.5, 0.6) is 0 Å². The third kappa shape index (κ3) is 4.30. The summed E-state index contributed by atoms with van der Waals surface area (Å²) in [4.78, 5) is 12.1. The Morgan fingerprint density at radius 1 is 1.26 bits per heavy atom. The first-order chi connectivity index (χ1) is 10.8. The second-order valence-corrected chi connectivity index (χ2v) is 7.33. The summed E-state index contributed by atoms with van der Waals surface area (Å²) in [5, 5.41) is 14.7. The maximum absolute atomic E-state index is 12.1. The molecule has 3 nitrogen and oxygen atoms in total. The lowest BCUT2D eigenvalue weighted by Crippen LogP contribution is -2.13. The van der Waals surface area contributed by atoms with Gasteiger partial charge in [-0.25, -0.2) is 0 Å². The first-order valence-corrected chi connectivity index (χ1v) is 8.27. The Morgan fingerprint density at radius 3 is 2.48 bits per heavy atom. The average Bonchev–Trinajstić information content (AvgIpc) is 2.89. The molecule has 4 heteroatoms. The summed E-state index contributed by atoms with van der Waals surface area (Å²) in [6, 6.07) is 10.1. The molecule has 0 bridgehead atoms.